The average molecular weight is 238 g/mol. The minimum Gasteiger partial charge on any atom is -0.380 e. The van der Waals surface area contributed by atoms with Crippen LogP contribution < -0.4 is 10.6 Å². The number of nitrogens with one attached hydrogen (secondary N) is 2. The minimum atomic E-state index is 0.166. The van der Waals surface area contributed by atoms with Crippen molar-refractivity contribution in [1.82, 2.24) is 15.3 Å². The molecular formula is C12H22N4O. The van der Waals surface area contributed by atoms with Gasteiger partial charge >= 0.3 is 0 Å². The monoisotopic (exact) mass is 238 g/mol. The van der Waals surface area contributed by atoms with E-state index < -0.39 is 0 Å². The zero-order chi connectivity index (χ0) is 12.7. The van der Waals surface area contributed by atoms with Crippen LogP contribution in [-0.4, -0.2) is 35.8 Å². The first-order chi connectivity index (χ1) is 8.11. The van der Waals surface area contributed by atoms with Crippen LogP contribution in [0.25, 0.3) is 0 Å². The minimum absolute atomic E-state index is 0.166. The number of methoxy groups -OCH3 is 1. The van der Waals surface area contributed by atoms with Gasteiger partial charge in [0.2, 0.25) is 0 Å². The number of ether oxygens (including phenoxy) is 1. The molecule has 1 aromatic rings. The highest BCUT2D eigenvalue weighted by atomic mass is 16.5. The van der Waals surface area contributed by atoms with E-state index in [9.17, 15) is 0 Å². The standard InChI is InChI=1S/C12H22N4O/c1-9(2)13-6-11-7-16-12(8-14-11)15-5-10(3)17-4/h7-10,13H,5-6H2,1-4H3,(H,15,16). The van der Waals surface area contributed by atoms with Crippen molar-refractivity contribution in [2.45, 2.75) is 39.5 Å². The molecule has 1 rings (SSSR count). The highest BCUT2D eigenvalue weighted by Crippen LogP contribution is 2.02. The largest absolute Gasteiger partial charge is 0.380 e. The third-order valence-electron chi connectivity index (χ3n) is 2.37. The molecule has 0 aliphatic carbocycles. The molecule has 1 unspecified atom stereocenters. The number of nitrogens with zero attached hydrogens (tertiary/aromatic N) is 2. The lowest BCUT2D eigenvalue weighted by Gasteiger charge is -2.11. The van der Waals surface area contributed by atoms with Gasteiger partial charge < -0.3 is 15.4 Å². The molecule has 0 saturated heterocycles. The van der Waals surface area contributed by atoms with Crippen molar-refractivity contribution in [3.63, 3.8) is 0 Å². The summed E-state index contributed by atoms with van der Waals surface area (Å²) in [5.74, 6) is 0.780. The Labute approximate surface area is 103 Å². The Morgan fingerprint density at radius 1 is 1.24 bits per heavy atom. The molecular weight excluding hydrogens is 216 g/mol. The van der Waals surface area contributed by atoms with Crippen molar-refractivity contribution >= 4 is 5.82 Å². The van der Waals surface area contributed by atoms with Crippen molar-refractivity contribution in [2.75, 3.05) is 19.0 Å². The van der Waals surface area contributed by atoms with E-state index in [0.29, 0.717) is 6.04 Å². The average Bonchev–Trinajstić information content (AvgIpc) is 2.34. The normalized spacial score (nSPS) is 12.8. The topological polar surface area (TPSA) is 59.1 Å². The maximum Gasteiger partial charge on any atom is 0.144 e. The molecule has 17 heavy (non-hydrogen) atoms. The molecule has 1 aromatic heterocycles. The molecule has 0 amide bonds. The van der Waals surface area contributed by atoms with Crippen LogP contribution in [0.2, 0.25) is 0 Å². The molecule has 0 saturated carbocycles. The number of anilines is 1. The first-order valence-electron chi connectivity index (χ1n) is 5.92. The molecule has 1 atom stereocenters. The van der Waals surface area contributed by atoms with Gasteiger partial charge in [-0.2, -0.15) is 0 Å². The fraction of sp³-hybridized carbons (Fsp3) is 0.667. The van der Waals surface area contributed by atoms with E-state index in [2.05, 4.69) is 34.4 Å². The highest BCUT2D eigenvalue weighted by Gasteiger charge is 2.01. The Morgan fingerprint density at radius 3 is 2.53 bits per heavy atom. The molecule has 0 fully saturated rings. The lowest BCUT2D eigenvalue weighted by atomic mass is 10.3. The summed E-state index contributed by atoms with van der Waals surface area (Å²) in [6, 6.07) is 0.456. The summed E-state index contributed by atoms with van der Waals surface area (Å²) in [6.45, 7) is 7.69. The van der Waals surface area contributed by atoms with Crippen molar-refractivity contribution in [3.05, 3.63) is 18.1 Å². The second-order valence-corrected chi connectivity index (χ2v) is 4.36. The molecule has 5 heteroatoms. The fourth-order valence-corrected chi connectivity index (χ4v) is 1.18. The Morgan fingerprint density at radius 2 is 2.00 bits per heavy atom. The number of hydrogen-bond donors (Lipinski definition) is 2. The van der Waals surface area contributed by atoms with Crippen LogP contribution in [0.3, 0.4) is 0 Å². The summed E-state index contributed by atoms with van der Waals surface area (Å²) >= 11 is 0. The quantitative estimate of drug-likeness (QED) is 0.752. The number of aromatic nitrogens is 2. The number of hydrogen-bond acceptors (Lipinski definition) is 5. The van der Waals surface area contributed by atoms with E-state index in [4.69, 9.17) is 4.74 Å². The van der Waals surface area contributed by atoms with E-state index >= 15 is 0 Å². The summed E-state index contributed by atoms with van der Waals surface area (Å²) in [5, 5.41) is 6.47. The second-order valence-electron chi connectivity index (χ2n) is 4.36. The van der Waals surface area contributed by atoms with Crippen molar-refractivity contribution in [1.29, 1.82) is 0 Å². The van der Waals surface area contributed by atoms with Gasteiger partial charge in [-0.1, -0.05) is 13.8 Å². The van der Waals surface area contributed by atoms with Crippen LogP contribution in [0, 0.1) is 0 Å². The lowest BCUT2D eigenvalue weighted by molar-refractivity contribution is 0.128. The van der Waals surface area contributed by atoms with Gasteiger partial charge in [0.25, 0.3) is 0 Å². The summed E-state index contributed by atoms with van der Waals surface area (Å²) in [4.78, 5) is 8.62. The van der Waals surface area contributed by atoms with Gasteiger partial charge in [0.1, 0.15) is 5.82 Å². The van der Waals surface area contributed by atoms with E-state index in [0.717, 1.165) is 24.6 Å². The Kier molecular flexibility index (Phi) is 5.86. The van der Waals surface area contributed by atoms with Crippen LogP contribution in [-0.2, 0) is 11.3 Å². The van der Waals surface area contributed by atoms with Gasteiger partial charge in [-0.25, -0.2) is 4.98 Å². The van der Waals surface area contributed by atoms with Gasteiger partial charge in [0, 0.05) is 26.2 Å². The van der Waals surface area contributed by atoms with E-state index in [1.54, 1.807) is 19.5 Å². The summed E-state index contributed by atoms with van der Waals surface area (Å²) in [6.07, 6.45) is 3.70. The molecule has 5 nitrogen and oxygen atoms in total. The Bertz CT molecular complexity index is 313. The van der Waals surface area contributed by atoms with E-state index in [1.165, 1.54) is 0 Å². The first-order valence-corrected chi connectivity index (χ1v) is 5.92. The molecule has 96 valence electrons. The lowest BCUT2D eigenvalue weighted by Crippen LogP contribution is -2.22. The van der Waals surface area contributed by atoms with Gasteiger partial charge in [0.05, 0.1) is 24.2 Å². The maximum absolute atomic E-state index is 5.14. The van der Waals surface area contributed by atoms with Crippen molar-refractivity contribution in [2.24, 2.45) is 0 Å². The third-order valence-corrected chi connectivity index (χ3v) is 2.37. The zero-order valence-electron chi connectivity index (χ0n) is 11.0. The molecule has 0 aliphatic heterocycles. The smallest absolute Gasteiger partial charge is 0.144 e. The van der Waals surface area contributed by atoms with Crippen molar-refractivity contribution < 1.29 is 4.74 Å². The third kappa shape index (κ3) is 5.60. The summed E-state index contributed by atoms with van der Waals surface area (Å²) in [7, 11) is 1.69. The summed E-state index contributed by atoms with van der Waals surface area (Å²) < 4.78 is 5.14. The van der Waals surface area contributed by atoms with Crippen LogP contribution in [0.4, 0.5) is 5.82 Å². The van der Waals surface area contributed by atoms with Crippen LogP contribution >= 0.6 is 0 Å². The van der Waals surface area contributed by atoms with Gasteiger partial charge in [0.15, 0.2) is 0 Å². The first kappa shape index (κ1) is 13.9. The Balaban J connectivity index is 2.39. The SMILES string of the molecule is COC(C)CNc1cnc(CNC(C)C)cn1. The van der Waals surface area contributed by atoms with Gasteiger partial charge in [-0.15, -0.1) is 0 Å². The highest BCUT2D eigenvalue weighted by molar-refractivity contribution is 5.30. The zero-order valence-corrected chi connectivity index (χ0v) is 11.0. The molecule has 0 aromatic carbocycles. The molecule has 0 bridgehead atoms. The second kappa shape index (κ2) is 7.19. The van der Waals surface area contributed by atoms with Gasteiger partial charge in [-0.3, -0.25) is 4.98 Å². The molecule has 2 N–H and O–H groups in total. The maximum atomic E-state index is 5.14. The van der Waals surface area contributed by atoms with Gasteiger partial charge in [-0.05, 0) is 6.92 Å². The molecule has 0 spiro atoms. The van der Waals surface area contributed by atoms with E-state index in [1.807, 2.05) is 6.92 Å². The molecule has 0 radical (unpaired) electrons. The summed E-state index contributed by atoms with van der Waals surface area (Å²) in [5.41, 5.74) is 0.948. The number of rotatable bonds is 7. The van der Waals surface area contributed by atoms with Crippen molar-refractivity contribution in [3.8, 4) is 0 Å². The molecule has 1 heterocycles. The fourth-order valence-electron chi connectivity index (χ4n) is 1.18. The van der Waals surface area contributed by atoms with Crippen LogP contribution in [0.15, 0.2) is 12.4 Å². The predicted octanol–water partition coefficient (Wildman–Crippen LogP) is 1.42. The van der Waals surface area contributed by atoms with Crippen LogP contribution in [0.1, 0.15) is 26.5 Å². The molecule has 0 aliphatic rings. The van der Waals surface area contributed by atoms with E-state index in [-0.39, 0.29) is 6.10 Å². The van der Waals surface area contributed by atoms with Crippen LogP contribution in [0.5, 0.6) is 0 Å². The Hall–Kier alpha value is -1.20. The predicted molar refractivity (Wildman–Crippen MR) is 69.0 cm³/mol.